The minimum Gasteiger partial charge on any atom is -0.446 e. The molecule has 0 unspecified atom stereocenters. The first-order valence-electron chi connectivity index (χ1n) is 15.3. The Hall–Kier alpha value is -3.02. The molecule has 254 valence electrons. The fourth-order valence-electron chi connectivity index (χ4n) is 5.93. The number of hydrogen-bond acceptors (Lipinski definition) is 10. The fraction of sp³-hybridized carbons (Fsp3) is 0.655. The lowest BCUT2D eigenvalue weighted by Crippen LogP contribution is -2.60. The molecule has 0 bridgehead atoms. The summed E-state index contributed by atoms with van der Waals surface area (Å²) >= 11 is 1.17. The van der Waals surface area contributed by atoms with Crippen LogP contribution in [-0.4, -0.2) is 92.0 Å². The van der Waals surface area contributed by atoms with E-state index in [9.17, 15) is 36.0 Å². The number of hydrogen-bond donors (Lipinski definition) is 3. The van der Waals surface area contributed by atoms with Gasteiger partial charge in [-0.05, 0) is 61.8 Å². The summed E-state index contributed by atoms with van der Waals surface area (Å²) in [4.78, 5) is 55.4. The summed E-state index contributed by atoms with van der Waals surface area (Å²) < 4.78 is 60.8. The topological polar surface area (TPSA) is 188 Å². The molecule has 17 heteroatoms. The standard InChI is InChI=1S/C29H41N5O9S3/c1-5-18-14-29(18,26(37)32-45(39,40)20-10-11-20)31-24(35)22-15-33(46(41,42)21-12-13-44-16-21)17-34(22)25(36)23(28(2,3)4)30-27(38)43-19-8-6-7-9-19/h5,12-13,16,18-20,22-23H,1,6-11,14-15,17H2,2-4H3,(H,30,38)(H,31,35)(H,32,37)/t18-,22+,23-,29-/m1/s1. The monoisotopic (exact) mass is 699 g/mol. The second-order valence-corrected chi connectivity index (χ2v) is 18.2. The van der Waals surface area contributed by atoms with Crippen molar-refractivity contribution in [2.45, 2.75) is 99.6 Å². The zero-order valence-electron chi connectivity index (χ0n) is 26.1. The summed E-state index contributed by atoms with van der Waals surface area (Å²) in [7, 11) is -8.06. The minimum absolute atomic E-state index is 0.00774. The Kier molecular flexibility index (Phi) is 9.36. The first kappa shape index (κ1) is 34.3. The highest BCUT2D eigenvalue weighted by Crippen LogP contribution is 2.45. The van der Waals surface area contributed by atoms with Crippen LogP contribution in [0.4, 0.5) is 4.79 Å². The second kappa shape index (κ2) is 12.5. The number of ether oxygens (including phenoxy) is 1. The maximum absolute atomic E-state index is 14.2. The summed E-state index contributed by atoms with van der Waals surface area (Å²) in [5.74, 6) is -3.07. The number of nitrogens with one attached hydrogen (secondary N) is 3. The van der Waals surface area contributed by atoms with Crippen molar-refractivity contribution in [2.24, 2.45) is 11.3 Å². The number of alkyl carbamates (subject to hydrolysis) is 1. The van der Waals surface area contributed by atoms with Crippen LogP contribution in [0.5, 0.6) is 0 Å². The van der Waals surface area contributed by atoms with Gasteiger partial charge in [0, 0.05) is 17.8 Å². The third kappa shape index (κ3) is 6.96. The van der Waals surface area contributed by atoms with E-state index in [1.807, 2.05) is 0 Å². The number of nitrogens with zero attached hydrogens (tertiary/aromatic N) is 2. The summed E-state index contributed by atoms with van der Waals surface area (Å²) in [6, 6.07) is -1.20. The molecule has 46 heavy (non-hydrogen) atoms. The van der Waals surface area contributed by atoms with E-state index < -0.39 is 91.3 Å². The molecular formula is C29H41N5O9S3. The zero-order valence-corrected chi connectivity index (χ0v) is 28.5. The number of amides is 4. The van der Waals surface area contributed by atoms with Gasteiger partial charge >= 0.3 is 6.09 Å². The minimum atomic E-state index is -4.13. The fourth-order valence-corrected chi connectivity index (χ4v) is 9.70. The van der Waals surface area contributed by atoms with E-state index in [1.165, 1.54) is 28.9 Å². The molecule has 2 heterocycles. The Balaban J connectivity index is 1.41. The van der Waals surface area contributed by atoms with E-state index in [0.29, 0.717) is 25.7 Å². The number of rotatable bonds is 11. The van der Waals surface area contributed by atoms with Crippen LogP contribution in [-0.2, 0) is 39.2 Å². The van der Waals surface area contributed by atoms with Gasteiger partial charge in [-0.3, -0.25) is 19.1 Å². The van der Waals surface area contributed by atoms with Crippen LogP contribution in [0.15, 0.2) is 34.4 Å². The Morgan fingerprint density at radius 2 is 1.78 bits per heavy atom. The van der Waals surface area contributed by atoms with Crippen LogP contribution in [0, 0.1) is 11.3 Å². The van der Waals surface area contributed by atoms with Gasteiger partial charge in [0.1, 0.15) is 23.7 Å². The Labute approximate surface area is 273 Å². The van der Waals surface area contributed by atoms with Gasteiger partial charge in [0.25, 0.3) is 5.91 Å². The maximum Gasteiger partial charge on any atom is 0.408 e. The van der Waals surface area contributed by atoms with Crippen molar-refractivity contribution in [3.8, 4) is 0 Å². The van der Waals surface area contributed by atoms with Crippen molar-refractivity contribution in [3.63, 3.8) is 0 Å². The van der Waals surface area contributed by atoms with E-state index in [-0.39, 0.29) is 17.4 Å². The van der Waals surface area contributed by atoms with Gasteiger partial charge in [-0.15, -0.1) is 6.58 Å². The normalized spacial score (nSPS) is 26.3. The molecule has 1 aromatic heterocycles. The Morgan fingerprint density at radius 3 is 2.33 bits per heavy atom. The Bertz CT molecular complexity index is 1600. The van der Waals surface area contributed by atoms with E-state index in [1.54, 1.807) is 26.2 Å². The van der Waals surface area contributed by atoms with Crippen LogP contribution < -0.4 is 15.4 Å². The quantitative estimate of drug-likeness (QED) is 0.289. The highest BCUT2D eigenvalue weighted by atomic mass is 32.2. The first-order valence-corrected chi connectivity index (χ1v) is 19.2. The number of carbonyl (C=O) groups excluding carboxylic acids is 4. The molecule has 0 spiro atoms. The van der Waals surface area contributed by atoms with Gasteiger partial charge in [-0.1, -0.05) is 26.8 Å². The van der Waals surface area contributed by atoms with Crippen molar-refractivity contribution in [1.29, 1.82) is 0 Å². The molecule has 14 nitrogen and oxygen atoms in total. The molecule has 3 N–H and O–H groups in total. The summed E-state index contributed by atoms with van der Waals surface area (Å²) in [6.45, 7) is 7.91. The van der Waals surface area contributed by atoms with Crippen LogP contribution in [0.25, 0.3) is 0 Å². The molecule has 3 aliphatic carbocycles. The molecule has 1 aliphatic heterocycles. The summed E-state index contributed by atoms with van der Waals surface area (Å²) in [6.07, 6.45) is 4.60. The zero-order chi connectivity index (χ0) is 33.7. The van der Waals surface area contributed by atoms with Crippen LogP contribution in [0.1, 0.15) is 65.7 Å². The maximum atomic E-state index is 14.2. The van der Waals surface area contributed by atoms with Crippen LogP contribution in [0.3, 0.4) is 0 Å². The number of sulfonamides is 2. The van der Waals surface area contributed by atoms with E-state index in [4.69, 9.17) is 4.74 Å². The molecule has 0 radical (unpaired) electrons. The van der Waals surface area contributed by atoms with Gasteiger partial charge < -0.3 is 20.3 Å². The van der Waals surface area contributed by atoms with Crippen molar-refractivity contribution < 1.29 is 40.8 Å². The summed E-state index contributed by atoms with van der Waals surface area (Å²) in [5, 5.41) is 7.63. The van der Waals surface area contributed by atoms with Crippen molar-refractivity contribution in [1.82, 2.24) is 24.6 Å². The molecule has 5 rings (SSSR count). The molecule has 1 aromatic rings. The molecule has 3 saturated carbocycles. The van der Waals surface area contributed by atoms with E-state index in [0.717, 1.165) is 22.0 Å². The highest BCUT2D eigenvalue weighted by Gasteiger charge is 2.62. The van der Waals surface area contributed by atoms with Crippen molar-refractivity contribution in [2.75, 3.05) is 13.2 Å². The van der Waals surface area contributed by atoms with E-state index >= 15 is 0 Å². The van der Waals surface area contributed by atoms with Crippen molar-refractivity contribution in [3.05, 3.63) is 29.5 Å². The van der Waals surface area contributed by atoms with Gasteiger partial charge in [-0.2, -0.15) is 15.6 Å². The third-order valence-corrected chi connectivity index (χ3v) is 13.4. The average Bonchev–Trinajstić information content (AvgIpc) is 3.69. The molecular weight excluding hydrogens is 659 g/mol. The smallest absolute Gasteiger partial charge is 0.408 e. The number of thiophene rings is 1. The lowest BCUT2D eigenvalue weighted by Gasteiger charge is -2.35. The first-order chi connectivity index (χ1) is 21.5. The van der Waals surface area contributed by atoms with Gasteiger partial charge in [0.05, 0.1) is 16.8 Å². The predicted octanol–water partition coefficient (Wildman–Crippen LogP) is 1.66. The second-order valence-electron chi connectivity index (χ2n) is 13.5. The average molecular weight is 700 g/mol. The lowest BCUT2D eigenvalue weighted by atomic mass is 9.85. The Morgan fingerprint density at radius 1 is 1.11 bits per heavy atom. The molecule has 4 atom stereocenters. The predicted molar refractivity (Wildman–Crippen MR) is 168 cm³/mol. The molecule has 4 aliphatic rings. The van der Waals surface area contributed by atoms with Crippen molar-refractivity contribution >= 4 is 55.2 Å². The lowest BCUT2D eigenvalue weighted by molar-refractivity contribution is -0.142. The van der Waals surface area contributed by atoms with Gasteiger partial charge in [0.2, 0.25) is 31.9 Å². The van der Waals surface area contributed by atoms with E-state index in [2.05, 4.69) is 21.9 Å². The van der Waals surface area contributed by atoms with Crippen LogP contribution >= 0.6 is 11.3 Å². The highest BCUT2D eigenvalue weighted by molar-refractivity contribution is 7.91. The third-order valence-electron chi connectivity index (χ3n) is 8.98. The van der Waals surface area contributed by atoms with Gasteiger partial charge in [0.15, 0.2) is 0 Å². The molecule has 4 amide bonds. The largest absolute Gasteiger partial charge is 0.446 e. The molecule has 4 fully saturated rings. The number of carbonyl (C=O) groups is 4. The van der Waals surface area contributed by atoms with Crippen LogP contribution in [0.2, 0.25) is 0 Å². The molecule has 1 saturated heterocycles. The molecule has 0 aromatic carbocycles. The summed E-state index contributed by atoms with van der Waals surface area (Å²) in [5.41, 5.74) is -2.52. The SMILES string of the molecule is C=C[C@@H]1C[C@]1(NC(=O)[C@@H]1CN(S(=O)(=O)c2ccsc2)CN1C(=O)[C@@H](NC(=O)OC1CCCC1)C(C)(C)C)C(=O)NS(=O)(=O)C1CC1. The van der Waals surface area contributed by atoms with Gasteiger partial charge in [-0.25, -0.2) is 21.6 Å².